The summed E-state index contributed by atoms with van der Waals surface area (Å²) < 4.78 is 0. The monoisotopic (exact) mass is 259 g/mol. The summed E-state index contributed by atoms with van der Waals surface area (Å²) in [5, 5.41) is 6.91. The van der Waals surface area contributed by atoms with Gasteiger partial charge in [-0.25, -0.2) is 0 Å². The van der Waals surface area contributed by atoms with Crippen molar-refractivity contribution in [3.63, 3.8) is 0 Å². The van der Waals surface area contributed by atoms with Gasteiger partial charge in [0.1, 0.15) is 0 Å². The van der Waals surface area contributed by atoms with E-state index < -0.39 is 0 Å². The molecule has 19 heavy (non-hydrogen) atoms. The van der Waals surface area contributed by atoms with Gasteiger partial charge in [-0.15, -0.1) is 0 Å². The molecule has 1 atom stereocenters. The van der Waals surface area contributed by atoms with Crippen LogP contribution in [-0.4, -0.2) is 43.7 Å². The number of benzene rings is 1. The van der Waals surface area contributed by atoms with Gasteiger partial charge in [0.15, 0.2) is 0 Å². The fraction of sp³-hybridized carbons (Fsp3) is 0.625. The first kappa shape index (κ1) is 12.9. The lowest BCUT2D eigenvalue weighted by molar-refractivity contribution is 0.221. The van der Waals surface area contributed by atoms with Crippen LogP contribution in [0.25, 0.3) is 0 Å². The number of hydrogen-bond donors (Lipinski definition) is 2. The SMILES string of the molecule is CC(Cc1ccc2c(c1)CCN2)N1CCCNCC1. The minimum absolute atomic E-state index is 0.646. The predicted molar refractivity (Wildman–Crippen MR) is 80.9 cm³/mol. The Kier molecular flexibility index (Phi) is 4.04. The van der Waals surface area contributed by atoms with E-state index in [-0.39, 0.29) is 0 Å². The first-order valence-corrected chi connectivity index (χ1v) is 7.63. The molecule has 1 fully saturated rings. The molecule has 0 aliphatic carbocycles. The zero-order valence-electron chi connectivity index (χ0n) is 11.9. The first-order chi connectivity index (χ1) is 9.33. The zero-order valence-corrected chi connectivity index (χ0v) is 11.9. The summed E-state index contributed by atoms with van der Waals surface area (Å²) in [5.74, 6) is 0. The highest BCUT2D eigenvalue weighted by Gasteiger charge is 2.17. The summed E-state index contributed by atoms with van der Waals surface area (Å²) in [6.07, 6.45) is 3.64. The van der Waals surface area contributed by atoms with Crippen LogP contribution in [0.4, 0.5) is 5.69 Å². The van der Waals surface area contributed by atoms with Crippen LogP contribution < -0.4 is 10.6 Å². The molecular formula is C16H25N3. The summed E-state index contributed by atoms with van der Waals surface area (Å²) in [7, 11) is 0. The van der Waals surface area contributed by atoms with E-state index in [0.29, 0.717) is 6.04 Å². The third-order valence-corrected chi connectivity index (χ3v) is 4.41. The molecule has 2 aliphatic rings. The second-order valence-electron chi connectivity index (χ2n) is 5.86. The number of anilines is 1. The van der Waals surface area contributed by atoms with E-state index in [1.165, 1.54) is 55.7 Å². The van der Waals surface area contributed by atoms with Crippen LogP contribution in [0.1, 0.15) is 24.5 Å². The fourth-order valence-electron chi connectivity index (χ4n) is 3.26. The summed E-state index contributed by atoms with van der Waals surface area (Å²) in [4.78, 5) is 2.63. The van der Waals surface area contributed by atoms with E-state index in [4.69, 9.17) is 0 Å². The lowest BCUT2D eigenvalue weighted by Crippen LogP contribution is -2.37. The van der Waals surface area contributed by atoms with E-state index in [1.807, 2.05) is 0 Å². The Hall–Kier alpha value is -1.06. The maximum absolute atomic E-state index is 3.48. The number of rotatable bonds is 3. The first-order valence-electron chi connectivity index (χ1n) is 7.63. The van der Waals surface area contributed by atoms with Crippen molar-refractivity contribution in [2.75, 3.05) is 38.0 Å². The molecule has 1 unspecified atom stereocenters. The molecule has 2 N–H and O–H groups in total. The molecule has 0 radical (unpaired) electrons. The Morgan fingerprint density at radius 3 is 3.11 bits per heavy atom. The predicted octanol–water partition coefficient (Wildman–Crippen LogP) is 1.88. The number of fused-ring (bicyclic) bond motifs is 1. The summed E-state index contributed by atoms with van der Waals surface area (Å²) in [6.45, 7) is 8.21. The van der Waals surface area contributed by atoms with Crippen LogP contribution >= 0.6 is 0 Å². The normalized spacial score (nSPS) is 21.5. The summed E-state index contributed by atoms with van der Waals surface area (Å²) in [6, 6.07) is 7.60. The van der Waals surface area contributed by atoms with Gasteiger partial charge in [0.25, 0.3) is 0 Å². The van der Waals surface area contributed by atoms with Crippen LogP contribution in [0, 0.1) is 0 Å². The molecule has 1 aromatic carbocycles. The Labute approximate surface area is 116 Å². The number of nitrogens with one attached hydrogen (secondary N) is 2. The van der Waals surface area contributed by atoms with Gasteiger partial charge in [0.2, 0.25) is 0 Å². The van der Waals surface area contributed by atoms with Gasteiger partial charge >= 0.3 is 0 Å². The molecule has 0 saturated carbocycles. The van der Waals surface area contributed by atoms with Gasteiger partial charge in [-0.05, 0) is 56.5 Å². The topological polar surface area (TPSA) is 27.3 Å². The minimum Gasteiger partial charge on any atom is -0.384 e. The lowest BCUT2D eigenvalue weighted by atomic mass is 10.0. The van der Waals surface area contributed by atoms with Crippen molar-refractivity contribution in [2.24, 2.45) is 0 Å². The van der Waals surface area contributed by atoms with Crippen molar-refractivity contribution in [1.82, 2.24) is 10.2 Å². The van der Waals surface area contributed by atoms with Gasteiger partial charge in [-0.2, -0.15) is 0 Å². The third kappa shape index (κ3) is 3.10. The van der Waals surface area contributed by atoms with Crippen molar-refractivity contribution in [2.45, 2.75) is 32.2 Å². The van der Waals surface area contributed by atoms with E-state index in [9.17, 15) is 0 Å². The number of nitrogens with zero attached hydrogens (tertiary/aromatic N) is 1. The summed E-state index contributed by atoms with van der Waals surface area (Å²) in [5.41, 5.74) is 4.34. The minimum atomic E-state index is 0.646. The molecule has 1 saturated heterocycles. The Bertz CT molecular complexity index is 422. The van der Waals surface area contributed by atoms with Crippen molar-refractivity contribution in [1.29, 1.82) is 0 Å². The molecule has 0 spiro atoms. The van der Waals surface area contributed by atoms with Crippen LogP contribution in [0.2, 0.25) is 0 Å². The molecule has 0 aromatic heterocycles. The molecule has 3 nitrogen and oxygen atoms in total. The molecule has 1 aromatic rings. The molecule has 3 rings (SSSR count). The number of hydrogen-bond acceptors (Lipinski definition) is 3. The highest BCUT2D eigenvalue weighted by Crippen LogP contribution is 2.24. The Morgan fingerprint density at radius 2 is 2.16 bits per heavy atom. The van der Waals surface area contributed by atoms with Crippen molar-refractivity contribution in [3.8, 4) is 0 Å². The standard InChI is InChI=1S/C16H25N3/c1-13(19-9-2-6-17-8-10-19)11-14-3-4-16-15(12-14)5-7-18-16/h3-4,12-13,17-18H,2,5-11H2,1H3. The molecule has 0 amide bonds. The maximum Gasteiger partial charge on any atom is 0.0373 e. The average Bonchev–Trinajstić information content (AvgIpc) is 2.71. The molecular weight excluding hydrogens is 234 g/mol. The van der Waals surface area contributed by atoms with Gasteiger partial charge in [-0.3, -0.25) is 4.90 Å². The van der Waals surface area contributed by atoms with Crippen molar-refractivity contribution < 1.29 is 0 Å². The van der Waals surface area contributed by atoms with Gasteiger partial charge in [0.05, 0.1) is 0 Å². The second-order valence-corrected chi connectivity index (χ2v) is 5.86. The van der Waals surface area contributed by atoms with Gasteiger partial charge < -0.3 is 10.6 Å². The highest BCUT2D eigenvalue weighted by atomic mass is 15.2. The molecule has 0 bridgehead atoms. The van der Waals surface area contributed by atoms with E-state index in [2.05, 4.69) is 40.7 Å². The second kappa shape index (κ2) is 5.93. The summed E-state index contributed by atoms with van der Waals surface area (Å²) >= 11 is 0. The van der Waals surface area contributed by atoms with E-state index in [0.717, 1.165) is 13.1 Å². The molecule has 2 heterocycles. The van der Waals surface area contributed by atoms with Crippen LogP contribution in [-0.2, 0) is 12.8 Å². The smallest absolute Gasteiger partial charge is 0.0373 e. The molecule has 2 aliphatic heterocycles. The van der Waals surface area contributed by atoms with E-state index in [1.54, 1.807) is 0 Å². The molecule has 3 heteroatoms. The van der Waals surface area contributed by atoms with Crippen LogP contribution in [0.15, 0.2) is 18.2 Å². The van der Waals surface area contributed by atoms with Crippen molar-refractivity contribution in [3.05, 3.63) is 29.3 Å². The largest absolute Gasteiger partial charge is 0.384 e. The van der Waals surface area contributed by atoms with Crippen LogP contribution in [0.5, 0.6) is 0 Å². The quantitative estimate of drug-likeness (QED) is 0.868. The average molecular weight is 259 g/mol. The lowest BCUT2D eigenvalue weighted by Gasteiger charge is -2.27. The Morgan fingerprint density at radius 1 is 1.21 bits per heavy atom. The van der Waals surface area contributed by atoms with Gasteiger partial charge in [-0.1, -0.05) is 12.1 Å². The molecule has 104 valence electrons. The van der Waals surface area contributed by atoms with E-state index >= 15 is 0 Å². The third-order valence-electron chi connectivity index (χ3n) is 4.41. The van der Waals surface area contributed by atoms with Crippen LogP contribution in [0.3, 0.4) is 0 Å². The zero-order chi connectivity index (χ0) is 13.1. The maximum atomic E-state index is 3.48. The van der Waals surface area contributed by atoms with Gasteiger partial charge in [0, 0.05) is 31.4 Å². The van der Waals surface area contributed by atoms with Crippen molar-refractivity contribution >= 4 is 5.69 Å². The fourth-order valence-corrected chi connectivity index (χ4v) is 3.26. The highest BCUT2D eigenvalue weighted by molar-refractivity contribution is 5.56. The Balaban J connectivity index is 1.63.